The highest BCUT2D eigenvalue weighted by atomic mass is 19.4. The number of halogens is 5. The molecule has 1 aliphatic rings. The molecule has 5 nitrogen and oxygen atoms in total. The van der Waals surface area contributed by atoms with Crippen molar-refractivity contribution < 1.29 is 31.5 Å². The first-order valence-corrected chi connectivity index (χ1v) is 8.54. The molecule has 2 aromatic rings. The SMILES string of the molecule is CN1C[C@H](c2ccc(C(F)F)cc2)[C@@H](C(=O)Nc2cnccc2C(F)(F)F)C1=O. The number of aromatic nitrogens is 1. The third-order valence-electron chi connectivity index (χ3n) is 4.80. The Hall–Kier alpha value is -3.04. The van der Waals surface area contributed by atoms with Crippen LogP contribution >= 0.6 is 0 Å². The molecule has 1 fully saturated rings. The maximum absolute atomic E-state index is 13.1. The fourth-order valence-electron chi connectivity index (χ4n) is 3.33. The highest BCUT2D eigenvalue weighted by molar-refractivity contribution is 6.08. The predicted octanol–water partition coefficient (Wildman–Crippen LogP) is 3.85. The molecule has 2 amide bonds. The molecule has 2 heterocycles. The molecule has 1 saturated heterocycles. The first-order chi connectivity index (χ1) is 13.6. The number of hydrogen-bond donors (Lipinski definition) is 1. The molecular formula is C19H16F5N3O2. The van der Waals surface area contributed by atoms with Gasteiger partial charge in [-0.05, 0) is 11.6 Å². The molecule has 29 heavy (non-hydrogen) atoms. The second-order valence-corrected chi connectivity index (χ2v) is 6.68. The summed E-state index contributed by atoms with van der Waals surface area (Å²) in [4.78, 5) is 30.1. The van der Waals surface area contributed by atoms with Gasteiger partial charge in [0.25, 0.3) is 6.43 Å². The van der Waals surface area contributed by atoms with Crippen LogP contribution in [0.1, 0.15) is 29.0 Å². The van der Waals surface area contributed by atoms with Crippen LogP contribution in [0.25, 0.3) is 0 Å². The Balaban J connectivity index is 1.89. The number of carbonyl (C=O) groups excluding carboxylic acids is 2. The quantitative estimate of drug-likeness (QED) is 0.612. The molecule has 0 bridgehead atoms. The molecule has 0 radical (unpaired) electrons. The number of carbonyl (C=O) groups is 2. The maximum Gasteiger partial charge on any atom is 0.418 e. The molecule has 1 N–H and O–H groups in total. The van der Waals surface area contributed by atoms with Crippen molar-refractivity contribution in [3.05, 3.63) is 59.4 Å². The highest BCUT2D eigenvalue weighted by Crippen LogP contribution is 2.37. The van der Waals surface area contributed by atoms with Gasteiger partial charge in [-0.3, -0.25) is 14.6 Å². The second-order valence-electron chi connectivity index (χ2n) is 6.68. The number of nitrogens with zero attached hydrogens (tertiary/aromatic N) is 2. The lowest BCUT2D eigenvalue weighted by molar-refractivity contribution is -0.137. The van der Waals surface area contributed by atoms with Gasteiger partial charge in [0.1, 0.15) is 5.92 Å². The van der Waals surface area contributed by atoms with E-state index >= 15 is 0 Å². The lowest BCUT2D eigenvalue weighted by Gasteiger charge is -2.19. The van der Waals surface area contributed by atoms with E-state index in [2.05, 4.69) is 10.3 Å². The number of likely N-dealkylation sites (tertiary alicyclic amines) is 1. The van der Waals surface area contributed by atoms with Crippen molar-refractivity contribution in [3.63, 3.8) is 0 Å². The molecular weight excluding hydrogens is 397 g/mol. The Bertz CT molecular complexity index is 915. The average Bonchev–Trinajstić information content (AvgIpc) is 2.96. The number of amides is 2. The topological polar surface area (TPSA) is 62.3 Å². The summed E-state index contributed by atoms with van der Waals surface area (Å²) < 4.78 is 64.9. The van der Waals surface area contributed by atoms with E-state index in [0.717, 1.165) is 18.5 Å². The van der Waals surface area contributed by atoms with E-state index in [1.807, 2.05) is 0 Å². The van der Waals surface area contributed by atoms with Crippen LogP contribution < -0.4 is 5.32 Å². The number of likely N-dealkylation sites (N-methyl/N-ethyl adjacent to an activating group) is 1. The number of hydrogen-bond acceptors (Lipinski definition) is 3. The van der Waals surface area contributed by atoms with E-state index in [1.54, 1.807) is 0 Å². The Kier molecular flexibility index (Phi) is 5.54. The number of benzene rings is 1. The molecule has 154 valence electrons. The lowest BCUT2D eigenvalue weighted by atomic mass is 9.87. The van der Waals surface area contributed by atoms with Crippen molar-refractivity contribution in [2.75, 3.05) is 18.9 Å². The molecule has 3 rings (SSSR count). The van der Waals surface area contributed by atoms with Crippen LogP contribution in [-0.2, 0) is 15.8 Å². The zero-order chi connectivity index (χ0) is 21.3. The molecule has 0 aliphatic carbocycles. The minimum absolute atomic E-state index is 0.129. The van der Waals surface area contributed by atoms with E-state index in [1.165, 1.54) is 36.2 Å². The van der Waals surface area contributed by atoms with Gasteiger partial charge in [0.15, 0.2) is 0 Å². The summed E-state index contributed by atoms with van der Waals surface area (Å²) in [6.07, 6.45) is -5.58. The highest BCUT2D eigenvalue weighted by Gasteiger charge is 2.45. The smallest absolute Gasteiger partial charge is 0.344 e. The summed E-state index contributed by atoms with van der Waals surface area (Å²) in [5.74, 6) is -3.47. The fourth-order valence-corrected chi connectivity index (χ4v) is 3.33. The largest absolute Gasteiger partial charge is 0.418 e. The first-order valence-electron chi connectivity index (χ1n) is 8.54. The number of alkyl halides is 5. The van der Waals surface area contributed by atoms with Gasteiger partial charge in [-0.25, -0.2) is 8.78 Å². The summed E-state index contributed by atoms with van der Waals surface area (Å²) in [6.45, 7) is 0.129. The number of rotatable bonds is 4. The Morgan fingerprint density at radius 2 is 1.86 bits per heavy atom. The molecule has 0 saturated carbocycles. The van der Waals surface area contributed by atoms with Crippen molar-refractivity contribution in [3.8, 4) is 0 Å². The van der Waals surface area contributed by atoms with Crippen molar-refractivity contribution in [1.82, 2.24) is 9.88 Å². The van der Waals surface area contributed by atoms with Crippen LogP contribution in [0, 0.1) is 5.92 Å². The minimum atomic E-state index is -4.72. The molecule has 10 heteroatoms. The van der Waals surface area contributed by atoms with E-state index < -0.39 is 47.5 Å². The summed E-state index contributed by atoms with van der Waals surface area (Å²) >= 11 is 0. The van der Waals surface area contributed by atoms with Crippen LogP contribution in [0.15, 0.2) is 42.7 Å². The molecule has 1 aromatic heterocycles. The van der Waals surface area contributed by atoms with Gasteiger partial charge in [-0.2, -0.15) is 13.2 Å². The summed E-state index contributed by atoms with van der Waals surface area (Å²) in [5, 5.41) is 2.15. The molecule has 1 aliphatic heterocycles. The van der Waals surface area contributed by atoms with Crippen LogP contribution in [0.3, 0.4) is 0 Å². The molecule has 2 atom stereocenters. The second kappa shape index (κ2) is 7.76. The Morgan fingerprint density at radius 1 is 1.21 bits per heavy atom. The normalized spacial score (nSPS) is 19.7. The van der Waals surface area contributed by atoms with Gasteiger partial charge in [0.05, 0.1) is 17.4 Å². The van der Waals surface area contributed by atoms with Crippen molar-refractivity contribution in [2.45, 2.75) is 18.5 Å². The van der Waals surface area contributed by atoms with E-state index in [0.29, 0.717) is 5.56 Å². The van der Waals surface area contributed by atoms with Crippen molar-refractivity contribution in [2.24, 2.45) is 5.92 Å². The first kappa shape index (κ1) is 20.7. The molecule has 0 unspecified atom stereocenters. The van der Waals surface area contributed by atoms with Gasteiger partial charge in [0.2, 0.25) is 11.8 Å². The third-order valence-corrected chi connectivity index (χ3v) is 4.80. The zero-order valence-corrected chi connectivity index (χ0v) is 15.1. The Labute approximate surface area is 162 Å². The summed E-state index contributed by atoms with van der Waals surface area (Å²) in [7, 11) is 1.46. The van der Waals surface area contributed by atoms with Crippen LogP contribution in [0.4, 0.5) is 27.6 Å². The van der Waals surface area contributed by atoms with Gasteiger partial charge >= 0.3 is 6.18 Å². The van der Waals surface area contributed by atoms with E-state index in [4.69, 9.17) is 0 Å². The number of nitrogens with one attached hydrogen (secondary N) is 1. The zero-order valence-electron chi connectivity index (χ0n) is 15.1. The van der Waals surface area contributed by atoms with Crippen molar-refractivity contribution in [1.29, 1.82) is 0 Å². The van der Waals surface area contributed by atoms with Crippen LogP contribution in [-0.4, -0.2) is 35.3 Å². The van der Waals surface area contributed by atoms with Gasteiger partial charge in [0, 0.05) is 31.3 Å². The number of pyridine rings is 1. The Morgan fingerprint density at radius 3 is 2.45 bits per heavy atom. The standard InChI is InChI=1S/C19H16F5N3O2/c1-27-9-12(10-2-4-11(5-3-10)16(20)21)15(18(27)29)17(28)26-14-8-25-7-6-13(14)19(22,23)24/h2-8,12,15-16H,9H2,1H3,(H,26,28)/t12-,15+/m1/s1. The maximum atomic E-state index is 13.1. The number of anilines is 1. The monoisotopic (exact) mass is 413 g/mol. The lowest BCUT2D eigenvalue weighted by Crippen LogP contribution is -2.33. The summed E-state index contributed by atoms with van der Waals surface area (Å²) in [5.41, 5.74) is -1.39. The van der Waals surface area contributed by atoms with E-state index in [-0.39, 0.29) is 12.1 Å². The average molecular weight is 413 g/mol. The fraction of sp³-hybridized carbons (Fsp3) is 0.316. The van der Waals surface area contributed by atoms with E-state index in [9.17, 15) is 31.5 Å². The molecule has 1 aromatic carbocycles. The van der Waals surface area contributed by atoms with Gasteiger partial charge < -0.3 is 10.2 Å². The third kappa shape index (κ3) is 4.20. The van der Waals surface area contributed by atoms with Gasteiger partial charge in [-0.1, -0.05) is 24.3 Å². The summed E-state index contributed by atoms with van der Waals surface area (Å²) in [6, 6.07) is 5.90. The van der Waals surface area contributed by atoms with Crippen LogP contribution in [0.5, 0.6) is 0 Å². The molecule has 0 spiro atoms. The van der Waals surface area contributed by atoms with Gasteiger partial charge in [-0.15, -0.1) is 0 Å². The van der Waals surface area contributed by atoms with Crippen LogP contribution in [0.2, 0.25) is 0 Å². The van der Waals surface area contributed by atoms with Crippen molar-refractivity contribution >= 4 is 17.5 Å². The minimum Gasteiger partial charge on any atom is -0.344 e. The predicted molar refractivity (Wildman–Crippen MR) is 93.1 cm³/mol.